The lowest BCUT2D eigenvalue weighted by molar-refractivity contribution is 0.660. The SMILES string of the molecule is C[C@H](CCc1ccccc1)c1ccccn1. The van der Waals surface area contributed by atoms with Gasteiger partial charge in [-0.1, -0.05) is 43.3 Å². The molecule has 2 aromatic rings. The lowest BCUT2D eigenvalue weighted by atomic mass is 9.98. The first-order valence-electron chi connectivity index (χ1n) is 5.81. The molecule has 1 atom stereocenters. The zero-order valence-electron chi connectivity index (χ0n) is 9.63. The van der Waals surface area contributed by atoms with Gasteiger partial charge in [-0.25, -0.2) is 0 Å². The zero-order chi connectivity index (χ0) is 11.2. The van der Waals surface area contributed by atoms with Crippen molar-refractivity contribution in [1.82, 2.24) is 4.98 Å². The molecule has 82 valence electrons. The first-order chi connectivity index (χ1) is 7.86. The molecule has 1 aromatic heterocycles. The van der Waals surface area contributed by atoms with E-state index in [1.165, 1.54) is 11.3 Å². The molecule has 0 amide bonds. The predicted octanol–water partition coefficient (Wildman–Crippen LogP) is 3.82. The van der Waals surface area contributed by atoms with E-state index in [9.17, 15) is 0 Å². The molecule has 2 rings (SSSR count). The van der Waals surface area contributed by atoms with Gasteiger partial charge in [-0.15, -0.1) is 0 Å². The van der Waals surface area contributed by atoms with Crippen molar-refractivity contribution in [3.05, 3.63) is 66.0 Å². The highest BCUT2D eigenvalue weighted by atomic mass is 14.7. The maximum absolute atomic E-state index is 4.39. The fraction of sp³-hybridized carbons (Fsp3) is 0.267. The Morgan fingerprint density at radius 3 is 2.44 bits per heavy atom. The lowest BCUT2D eigenvalue weighted by Gasteiger charge is -2.10. The van der Waals surface area contributed by atoms with E-state index in [1.54, 1.807) is 0 Å². The minimum absolute atomic E-state index is 0.529. The number of aryl methyl sites for hydroxylation is 1. The Morgan fingerprint density at radius 2 is 1.75 bits per heavy atom. The minimum Gasteiger partial charge on any atom is -0.261 e. The van der Waals surface area contributed by atoms with Crippen molar-refractivity contribution in [3.63, 3.8) is 0 Å². The standard InChI is InChI=1S/C15H17N/c1-13(15-9-5-6-12-16-15)10-11-14-7-3-2-4-8-14/h2-9,12-13H,10-11H2,1H3/t13-/m1/s1. The largest absolute Gasteiger partial charge is 0.261 e. The van der Waals surface area contributed by atoms with Crippen molar-refractivity contribution in [1.29, 1.82) is 0 Å². The second-order valence-electron chi connectivity index (χ2n) is 4.18. The molecule has 16 heavy (non-hydrogen) atoms. The molecule has 0 saturated heterocycles. The summed E-state index contributed by atoms with van der Waals surface area (Å²) in [5.41, 5.74) is 2.60. The third kappa shape index (κ3) is 2.93. The molecule has 0 spiro atoms. The van der Waals surface area contributed by atoms with E-state index < -0.39 is 0 Å². The molecule has 1 nitrogen and oxygen atoms in total. The van der Waals surface area contributed by atoms with Crippen molar-refractivity contribution in [2.24, 2.45) is 0 Å². The number of benzene rings is 1. The summed E-state index contributed by atoms with van der Waals surface area (Å²) in [5.74, 6) is 0.529. The monoisotopic (exact) mass is 211 g/mol. The fourth-order valence-electron chi connectivity index (χ4n) is 1.84. The molecular formula is C15H17N. The van der Waals surface area contributed by atoms with Gasteiger partial charge < -0.3 is 0 Å². The summed E-state index contributed by atoms with van der Waals surface area (Å²) in [5, 5.41) is 0. The van der Waals surface area contributed by atoms with E-state index in [0.717, 1.165) is 12.8 Å². The average molecular weight is 211 g/mol. The van der Waals surface area contributed by atoms with Crippen LogP contribution >= 0.6 is 0 Å². The van der Waals surface area contributed by atoms with Gasteiger partial charge in [-0.05, 0) is 36.5 Å². The molecule has 0 aliphatic heterocycles. The maximum Gasteiger partial charge on any atom is 0.0431 e. The smallest absolute Gasteiger partial charge is 0.0431 e. The van der Waals surface area contributed by atoms with Crippen LogP contribution in [0.25, 0.3) is 0 Å². The number of aromatic nitrogens is 1. The van der Waals surface area contributed by atoms with Gasteiger partial charge in [0, 0.05) is 11.9 Å². The highest BCUT2D eigenvalue weighted by molar-refractivity contribution is 5.16. The molecule has 0 radical (unpaired) electrons. The number of hydrogen-bond acceptors (Lipinski definition) is 1. The summed E-state index contributed by atoms with van der Waals surface area (Å²) in [7, 11) is 0. The van der Waals surface area contributed by atoms with Gasteiger partial charge in [-0.2, -0.15) is 0 Å². The molecule has 1 heteroatoms. The van der Waals surface area contributed by atoms with Crippen LogP contribution in [0.15, 0.2) is 54.7 Å². The normalized spacial score (nSPS) is 12.3. The Bertz CT molecular complexity index is 408. The van der Waals surface area contributed by atoms with Gasteiger partial charge in [0.2, 0.25) is 0 Å². The van der Waals surface area contributed by atoms with Crippen molar-refractivity contribution in [2.75, 3.05) is 0 Å². The zero-order valence-corrected chi connectivity index (χ0v) is 9.63. The van der Waals surface area contributed by atoms with E-state index in [2.05, 4.69) is 54.4 Å². The fourth-order valence-corrected chi connectivity index (χ4v) is 1.84. The second kappa shape index (κ2) is 5.45. The minimum atomic E-state index is 0.529. The van der Waals surface area contributed by atoms with E-state index in [-0.39, 0.29) is 0 Å². The molecule has 0 bridgehead atoms. The highest BCUT2D eigenvalue weighted by Gasteiger charge is 2.05. The van der Waals surface area contributed by atoms with Gasteiger partial charge in [0.1, 0.15) is 0 Å². The van der Waals surface area contributed by atoms with Crippen molar-refractivity contribution in [3.8, 4) is 0 Å². The van der Waals surface area contributed by atoms with Gasteiger partial charge in [0.25, 0.3) is 0 Å². The molecule has 0 aliphatic rings. The van der Waals surface area contributed by atoms with E-state index in [1.807, 2.05) is 12.3 Å². The van der Waals surface area contributed by atoms with Gasteiger partial charge in [0.05, 0.1) is 0 Å². The Morgan fingerprint density at radius 1 is 1.00 bits per heavy atom. The highest BCUT2D eigenvalue weighted by Crippen LogP contribution is 2.18. The summed E-state index contributed by atoms with van der Waals surface area (Å²) in [4.78, 5) is 4.39. The van der Waals surface area contributed by atoms with Crippen LogP contribution in [0.1, 0.15) is 30.5 Å². The van der Waals surface area contributed by atoms with Crippen LogP contribution in [0.3, 0.4) is 0 Å². The Kier molecular flexibility index (Phi) is 3.71. The predicted molar refractivity (Wildman–Crippen MR) is 67.4 cm³/mol. The van der Waals surface area contributed by atoms with Gasteiger partial charge in [0.15, 0.2) is 0 Å². The Hall–Kier alpha value is -1.63. The quantitative estimate of drug-likeness (QED) is 0.749. The second-order valence-corrected chi connectivity index (χ2v) is 4.18. The van der Waals surface area contributed by atoms with Crippen LogP contribution < -0.4 is 0 Å². The van der Waals surface area contributed by atoms with Gasteiger partial charge in [-0.3, -0.25) is 4.98 Å². The number of pyridine rings is 1. The van der Waals surface area contributed by atoms with Crippen LogP contribution in [0.4, 0.5) is 0 Å². The van der Waals surface area contributed by atoms with Crippen LogP contribution in [-0.4, -0.2) is 4.98 Å². The first-order valence-corrected chi connectivity index (χ1v) is 5.81. The molecule has 0 fully saturated rings. The summed E-state index contributed by atoms with van der Waals surface area (Å²) in [6.07, 6.45) is 4.15. The molecule has 1 aromatic carbocycles. The van der Waals surface area contributed by atoms with Crippen LogP contribution in [0, 0.1) is 0 Å². The molecular weight excluding hydrogens is 194 g/mol. The number of nitrogens with zero attached hydrogens (tertiary/aromatic N) is 1. The van der Waals surface area contributed by atoms with Crippen molar-refractivity contribution >= 4 is 0 Å². The average Bonchev–Trinajstić information content (AvgIpc) is 2.38. The lowest BCUT2D eigenvalue weighted by Crippen LogP contribution is -1.98. The van der Waals surface area contributed by atoms with E-state index in [4.69, 9.17) is 0 Å². The topological polar surface area (TPSA) is 12.9 Å². The summed E-state index contributed by atoms with van der Waals surface area (Å²) in [6, 6.07) is 16.8. The van der Waals surface area contributed by atoms with Crippen LogP contribution in [0.5, 0.6) is 0 Å². The third-order valence-corrected chi connectivity index (χ3v) is 2.90. The Balaban J connectivity index is 1.92. The number of hydrogen-bond donors (Lipinski definition) is 0. The Labute approximate surface area is 97.2 Å². The number of rotatable bonds is 4. The molecule has 1 heterocycles. The molecule has 0 unspecified atom stereocenters. The van der Waals surface area contributed by atoms with Crippen LogP contribution in [0.2, 0.25) is 0 Å². The van der Waals surface area contributed by atoms with Crippen LogP contribution in [-0.2, 0) is 6.42 Å². The van der Waals surface area contributed by atoms with Crippen molar-refractivity contribution in [2.45, 2.75) is 25.7 Å². The summed E-state index contributed by atoms with van der Waals surface area (Å²) >= 11 is 0. The van der Waals surface area contributed by atoms with Gasteiger partial charge >= 0.3 is 0 Å². The molecule has 0 saturated carbocycles. The third-order valence-electron chi connectivity index (χ3n) is 2.90. The summed E-state index contributed by atoms with van der Waals surface area (Å²) < 4.78 is 0. The summed E-state index contributed by atoms with van der Waals surface area (Å²) in [6.45, 7) is 2.24. The van der Waals surface area contributed by atoms with E-state index in [0.29, 0.717) is 5.92 Å². The molecule has 0 N–H and O–H groups in total. The molecule has 0 aliphatic carbocycles. The maximum atomic E-state index is 4.39. The first kappa shape index (κ1) is 10.9. The van der Waals surface area contributed by atoms with E-state index >= 15 is 0 Å². The van der Waals surface area contributed by atoms with Crippen molar-refractivity contribution < 1.29 is 0 Å².